The third-order valence-electron chi connectivity index (χ3n) is 6.59. The molecule has 0 heterocycles. The molecule has 0 unspecified atom stereocenters. The minimum atomic E-state index is -1.76. The molecule has 0 amide bonds. The van der Waals surface area contributed by atoms with E-state index in [1.165, 1.54) is 16.7 Å². The average molecular weight is 475 g/mol. The second kappa shape index (κ2) is 11.6. The van der Waals surface area contributed by atoms with E-state index in [-0.39, 0.29) is 6.61 Å². The first-order chi connectivity index (χ1) is 16.6. The summed E-state index contributed by atoms with van der Waals surface area (Å²) in [5, 5.41) is 18.4. The van der Waals surface area contributed by atoms with Crippen LogP contribution in [-0.2, 0) is 10.1 Å². The van der Waals surface area contributed by atoms with Gasteiger partial charge in [0.2, 0.25) is 0 Å². The summed E-state index contributed by atoms with van der Waals surface area (Å²) in [7, 11) is 10.5. The highest BCUT2D eigenvalue weighted by atomic mass is 16.6. The molecule has 0 aliphatic carbocycles. The summed E-state index contributed by atoms with van der Waals surface area (Å²) in [6, 6.07) is 26.2. The molecule has 0 spiro atoms. The van der Waals surface area contributed by atoms with Crippen molar-refractivity contribution in [3.05, 3.63) is 89.5 Å². The monoisotopic (exact) mass is 475 g/mol. The third-order valence-corrected chi connectivity index (χ3v) is 6.59. The van der Waals surface area contributed by atoms with Crippen LogP contribution in [0.1, 0.15) is 29.5 Å². The van der Waals surface area contributed by atoms with E-state index in [0.717, 1.165) is 23.5 Å². The number of benzene rings is 3. The minimum Gasteiger partial charge on any atom is -0.402 e. The maximum absolute atomic E-state index is 9.20. The van der Waals surface area contributed by atoms with Crippen LogP contribution in [0.2, 0.25) is 0 Å². The molecular weight excluding hydrogens is 437 g/mol. The molecule has 0 atom stereocenters. The van der Waals surface area contributed by atoms with Gasteiger partial charge in [0.15, 0.2) is 0 Å². The molecule has 7 heteroatoms. The Balaban J connectivity index is 2.19. The van der Waals surface area contributed by atoms with E-state index in [4.69, 9.17) is 4.65 Å². The van der Waals surface area contributed by atoms with Crippen molar-refractivity contribution in [3.8, 4) is 0 Å². The minimum absolute atomic E-state index is 0.251. The molecule has 6 nitrogen and oxygen atoms in total. The Kier molecular flexibility index (Phi) is 8.84. The van der Waals surface area contributed by atoms with Crippen LogP contribution in [0.25, 0.3) is 0 Å². The van der Waals surface area contributed by atoms with Crippen LogP contribution in [0.15, 0.2) is 72.8 Å². The highest BCUT2D eigenvalue weighted by molar-refractivity contribution is 6.32. The SMILES string of the molecule is CN(C)c1ccc(C(CCCOB(O)O)(c2ccc(N(C)C)cc2)c2ccc(N(C)C)cc2)cc1. The van der Waals surface area contributed by atoms with Crippen LogP contribution in [0, 0.1) is 0 Å². The third kappa shape index (κ3) is 6.17. The number of hydrogen-bond acceptors (Lipinski definition) is 6. The van der Waals surface area contributed by atoms with Gasteiger partial charge in [-0.15, -0.1) is 0 Å². The van der Waals surface area contributed by atoms with Gasteiger partial charge < -0.3 is 29.4 Å². The summed E-state index contributed by atoms with van der Waals surface area (Å²) >= 11 is 0. The highest BCUT2D eigenvalue weighted by Crippen LogP contribution is 2.44. The van der Waals surface area contributed by atoms with Gasteiger partial charge in [0.25, 0.3) is 0 Å². The summed E-state index contributed by atoms with van der Waals surface area (Å²) in [4.78, 5) is 6.29. The second-order valence-electron chi connectivity index (χ2n) is 9.53. The van der Waals surface area contributed by atoms with Gasteiger partial charge in [-0.2, -0.15) is 0 Å². The van der Waals surface area contributed by atoms with Gasteiger partial charge in [0.1, 0.15) is 0 Å². The summed E-state index contributed by atoms with van der Waals surface area (Å²) in [5.74, 6) is 0. The van der Waals surface area contributed by atoms with Crippen molar-refractivity contribution in [2.75, 3.05) is 63.6 Å². The summed E-state index contributed by atoms with van der Waals surface area (Å²) < 4.78 is 5.09. The lowest BCUT2D eigenvalue weighted by Gasteiger charge is -2.37. The fourth-order valence-electron chi connectivity index (χ4n) is 4.59. The molecule has 0 radical (unpaired) electrons. The van der Waals surface area contributed by atoms with Crippen LogP contribution < -0.4 is 14.7 Å². The fraction of sp³-hybridized carbons (Fsp3) is 0.357. The van der Waals surface area contributed by atoms with E-state index in [1.807, 2.05) is 42.3 Å². The molecule has 35 heavy (non-hydrogen) atoms. The first-order valence-electron chi connectivity index (χ1n) is 12.0. The number of anilines is 3. The summed E-state index contributed by atoms with van der Waals surface area (Å²) in [6.45, 7) is 0.251. The Morgan fingerprint density at radius 1 is 0.600 bits per heavy atom. The molecule has 0 aliphatic heterocycles. The van der Waals surface area contributed by atoms with Crippen LogP contribution >= 0.6 is 0 Å². The second-order valence-corrected chi connectivity index (χ2v) is 9.53. The zero-order valence-electron chi connectivity index (χ0n) is 21.8. The smallest absolute Gasteiger partial charge is 0.402 e. The molecule has 3 aromatic rings. The molecule has 0 aliphatic rings. The molecule has 0 bridgehead atoms. The van der Waals surface area contributed by atoms with Crippen molar-refractivity contribution >= 4 is 24.4 Å². The van der Waals surface area contributed by atoms with Crippen molar-refractivity contribution in [1.82, 2.24) is 0 Å². The topological polar surface area (TPSA) is 59.4 Å². The van der Waals surface area contributed by atoms with Crippen LogP contribution in [0.3, 0.4) is 0 Å². The maximum Gasteiger partial charge on any atom is 0.633 e. The molecule has 2 N–H and O–H groups in total. The lowest BCUT2D eigenvalue weighted by molar-refractivity contribution is 0.179. The van der Waals surface area contributed by atoms with Crippen molar-refractivity contribution < 1.29 is 14.7 Å². The Labute approximate surface area is 210 Å². The van der Waals surface area contributed by atoms with Gasteiger partial charge in [-0.3, -0.25) is 0 Å². The van der Waals surface area contributed by atoms with Crippen molar-refractivity contribution in [2.24, 2.45) is 0 Å². The molecule has 0 saturated heterocycles. The van der Waals surface area contributed by atoms with E-state index < -0.39 is 12.7 Å². The maximum atomic E-state index is 9.20. The highest BCUT2D eigenvalue weighted by Gasteiger charge is 2.36. The fourth-order valence-corrected chi connectivity index (χ4v) is 4.59. The van der Waals surface area contributed by atoms with Crippen molar-refractivity contribution in [2.45, 2.75) is 18.3 Å². The average Bonchev–Trinajstić information content (AvgIpc) is 2.84. The normalized spacial score (nSPS) is 11.3. The first-order valence-corrected chi connectivity index (χ1v) is 12.0. The Hall–Kier alpha value is -3.00. The van der Waals surface area contributed by atoms with Gasteiger partial charge in [0.05, 0.1) is 0 Å². The molecular formula is C28H38BN3O3. The molecule has 0 aromatic heterocycles. The van der Waals surface area contributed by atoms with Gasteiger partial charge in [0, 0.05) is 71.4 Å². The van der Waals surface area contributed by atoms with E-state index in [9.17, 15) is 10.0 Å². The van der Waals surface area contributed by atoms with Crippen LogP contribution in [0.4, 0.5) is 17.1 Å². The van der Waals surface area contributed by atoms with E-state index in [0.29, 0.717) is 6.42 Å². The lowest BCUT2D eigenvalue weighted by atomic mass is 9.66. The van der Waals surface area contributed by atoms with Gasteiger partial charge in [-0.25, -0.2) is 0 Å². The van der Waals surface area contributed by atoms with Gasteiger partial charge in [-0.05, 0) is 65.9 Å². The zero-order chi connectivity index (χ0) is 25.6. The number of nitrogens with zero attached hydrogens (tertiary/aromatic N) is 3. The molecule has 0 saturated carbocycles. The van der Waals surface area contributed by atoms with Gasteiger partial charge >= 0.3 is 7.32 Å². The Morgan fingerprint density at radius 2 is 0.914 bits per heavy atom. The molecule has 3 rings (SSSR count). The first kappa shape index (κ1) is 26.6. The zero-order valence-corrected chi connectivity index (χ0v) is 21.8. The largest absolute Gasteiger partial charge is 0.633 e. The summed E-state index contributed by atoms with van der Waals surface area (Å²) in [5.41, 5.74) is 6.53. The lowest BCUT2D eigenvalue weighted by Crippen LogP contribution is -2.31. The van der Waals surface area contributed by atoms with Crippen molar-refractivity contribution in [1.29, 1.82) is 0 Å². The Bertz CT molecular complexity index is 925. The standard InChI is InChI=1S/C28H38BN3O3/c1-30(2)25-14-8-22(9-15-25)28(20-7-21-35-29(33)34,23-10-16-26(17-11-23)31(3)4)24-12-18-27(19-13-24)32(5)6/h8-19,33-34H,7,20-21H2,1-6H3. The van der Waals surface area contributed by atoms with E-state index >= 15 is 0 Å². The van der Waals surface area contributed by atoms with Crippen LogP contribution in [0.5, 0.6) is 0 Å². The van der Waals surface area contributed by atoms with Gasteiger partial charge in [-0.1, -0.05) is 36.4 Å². The molecule has 186 valence electrons. The quantitative estimate of drug-likeness (QED) is 0.249. The molecule has 3 aromatic carbocycles. The van der Waals surface area contributed by atoms with E-state index in [1.54, 1.807) is 0 Å². The summed E-state index contributed by atoms with van der Waals surface area (Å²) in [6.07, 6.45) is 1.39. The molecule has 0 fully saturated rings. The predicted molar refractivity (Wildman–Crippen MR) is 148 cm³/mol. The number of hydrogen-bond donors (Lipinski definition) is 2. The Morgan fingerprint density at radius 3 is 1.17 bits per heavy atom. The van der Waals surface area contributed by atoms with E-state index in [2.05, 4.69) is 87.5 Å². The predicted octanol–water partition coefficient (Wildman–Crippen LogP) is 3.99. The number of rotatable bonds is 11. The van der Waals surface area contributed by atoms with Crippen molar-refractivity contribution in [3.63, 3.8) is 0 Å². The van der Waals surface area contributed by atoms with Crippen LogP contribution in [-0.4, -0.2) is 66.3 Å².